The minimum Gasteiger partial charge on any atom is -0.333 e. The number of aryl methyl sites for hydroxylation is 2. The number of allylic oxidation sites excluding steroid dienone is 1. The largest absolute Gasteiger partial charge is 0.333 e. The number of H-pyrrole nitrogens is 1. The lowest BCUT2D eigenvalue weighted by molar-refractivity contribution is 0.963. The van der Waals surface area contributed by atoms with E-state index >= 15 is 0 Å². The lowest BCUT2D eigenvalue weighted by atomic mass is 10.2. The highest BCUT2D eigenvalue weighted by Crippen LogP contribution is 2.30. The topological polar surface area (TPSA) is 57.4 Å². The zero-order valence-electron chi connectivity index (χ0n) is 16.0. The van der Waals surface area contributed by atoms with E-state index in [0.717, 1.165) is 38.8 Å². The molecule has 2 aromatic carbocycles. The molecule has 4 nitrogen and oxygen atoms in total. The number of nitriles is 1. The Morgan fingerprint density at radius 2 is 1.86 bits per heavy atom. The molecule has 28 heavy (non-hydrogen) atoms. The van der Waals surface area contributed by atoms with E-state index in [1.165, 1.54) is 17.3 Å². The van der Waals surface area contributed by atoms with Crippen molar-refractivity contribution in [3.63, 3.8) is 0 Å². The van der Waals surface area contributed by atoms with Crippen LogP contribution in [0.25, 0.3) is 22.8 Å². The van der Waals surface area contributed by atoms with E-state index in [9.17, 15) is 5.26 Å². The Labute approximate surface area is 168 Å². The summed E-state index contributed by atoms with van der Waals surface area (Å²) in [5.74, 6) is 0. The van der Waals surface area contributed by atoms with Crippen LogP contribution in [0, 0.1) is 32.1 Å². The molecule has 4 aromatic rings. The van der Waals surface area contributed by atoms with Crippen LogP contribution in [-0.2, 0) is 0 Å². The van der Waals surface area contributed by atoms with Crippen molar-refractivity contribution in [1.29, 1.82) is 5.26 Å². The third-order valence-corrected chi connectivity index (χ3v) is 5.55. The van der Waals surface area contributed by atoms with Gasteiger partial charge < -0.3 is 9.55 Å². The number of fused-ring (bicyclic) bond motifs is 1. The van der Waals surface area contributed by atoms with Crippen molar-refractivity contribution in [2.75, 3.05) is 0 Å². The Hall–Kier alpha value is -3.23. The van der Waals surface area contributed by atoms with Crippen LogP contribution in [0.15, 0.2) is 64.7 Å². The number of para-hydroxylation sites is 2. The van der Waals surface area contributed by atoms with Crippen LogP contribution in [0.1, 0.15) is 22.5 Å². The number of rotatable bonds is 4. The maximum absolute atomic E-state index is 9.65. The molecule has 0 bridgehead atoms. The van der Waals surface area contributed by atoms with Crippen molar-refractivity contribution in [3.05, 3.63) is 82.0 Å². The second-order valence-corrected chi connectivity index (χ2v) is 7.81. The molecule has 2 aromatic heterocycles. The maximum atomic E-state index is 9.65. The van der Waals surface area contributed by atoms with E-state index in [1.54, 1.807) is 0 Å². The fourth-order valence-electron chi connectivity index (χ4n) is 3.33. The van der Waals surface area contributed by atoms with Crippen LogP contribution in [0.2, 0.25) is 0 Å². The Kier molecular flexibility index (Phi) is 4.81. The molecule has 0 spiro atoms. The van der Waals surface area contributed by atoms with Gasteiger partial charge in [0.05, 0.1) is 15.9 Å². The van der Waals surface area contributed by atoms with Crippen molar-refractivity contribution < 1.29 is 0 Å². The number of nitrogens with zero attached hydrogens (tertiary/aromatic N) is 3. The third-order valence-electron chi connectivity index (χ3n) is 4.73. The smallest absolute Gasteiger partial charge is 0.171 e. The molecular formula is C23H20N4S. The highest BCUT2D eigenvalue weighted by atomic mass is 32.2. The molecule has 0 amide bonds. The summed E-state index contributed by atoms with van der Waals surface area (Å²) in [5.41, 5.74) is 7.53. The standard InChI is InChI=1S/C23H20N4S/c1-15-8-10-19(11-9-15)27-16(2)12-18(17(27)3)13-20(14-24)28-23-25-21-6-4-5-7-22(21)26-23/h4-13H,1-3H3,(H,25,26)/b20-13+. The second-order valence-electron chi connectivity index (χ2n) is 6.78. The van der Waals surface area contributed by atoms with Gasteiger partial charge in [0.15, 0.2) is 5.16 Å². The number of benzene rings is 2. The van der Waals surface area contributed by atoms with Gasteiger partial charge in [-0.1, -0.05) is 29.8 Å². The van der Waals surface area contributed by atoms with Gasteiger partial charge in [0, 0.05) is 17.1 Å². The summed E-state index contributed by atoms with van der Waals surface area (Å²) < 4.78 is 2.21. The molecule has 0 aliphatic heterocycles. The first-order chi connectivity index (χ1) is 13.5. The van der Waals surface area contributed by atoms with Gasteiger partial charge in [-0.3, -0.25) is 0 Å². The first-order valence-corrected chi connectivity index (χ1v) is 9.87. The molecular weight excluding hydrogens is 364 g/mol. The molecule has 0 saturated heterocycles. The van der Waals surface area contributed by atoms with Crippen molar-refractivity contribution in [1.82, 2.24) is 14.5 Å². The summed E-state index contributed by atoms with van der Waals surface area (Å²) in [6.07, 6.45) is 1.94. The van der Waals surface area contributed by atoms with Crippen molar-refractivity contribution in [2.24, 2.45) is 0 Å². The summed E-state index contributed by atoms with van der Waals surface area (Å²) in [4.78, 5) is 8.42. The first-order valence-electron chi connectivity index (χ1n) is 9.05. The molecule has 0 atom stereocenters. The summed E-state index contributed by atoms with van der Waals surface area (Å²) >= 11 is 1.35. The van der Waals surface area contributed by atoms with Crippen LogP contribution in [0.5, 0.6) is 0 Å². The highest BCUT2D eigenvalue weighted by molar-refractivity contribution is 8.03. The summed E-state index contributed by atoms with van der Waals surface area (Å²) in [6.45, 7) is 6.25. The molecule has 138 valence electrons. The quantitative estimate of drug-likeness (QED) is 0.350. The summed E-state index contributed by atoms with van der Waals surface area (Å²) in [7, 11) is 0. The average molecular weight is 385 g/mol. The number of thioether (sulfide) groups is 1. The molecule has 0 saturated carbocycles. The third kappa shape index (κ3) is 3.47. The SMILES string of the molecule is Cc1ccc(-n2c(C)cc(/C=C(\C#N)Sc3nc4ccccc4[nH]3)c2C)cc1. The molecule has 5 heteroatoms. The van der Waals surface area contributed by atoms with Gasteiger partial charge in [-0.05, 0) is 74.5 Å². The van der Waals surface area contributed by atoms with Gasteiger partial charge in [0.1, 0.15) is 6.07 Å². The minimum atomic E-state index is 0.600. The van der Waals surface area contributed by atoms with Gasteiger partial charge in [-0.15, -0.1) is 0 Å². The average Bonchev–Trinajstić information content (AvgIpc) is 3.22. The Bertz CT molecular complexity index is 1190. The Morgan fingerprint density at radius 3 is 2.57 bits per heavy atom. The second kappa shape index (κ2) is 7.41. The lowest BCUT2D eigenvalue weighted by Crippen LogP contribution is -1.98. The zero-order valence-corrected chi connectivity index (χ0v) is 16.8. The van der Waals surface area contributed by atoms with Gasteiger partial charge in [0.2, 0.25) is 0 Å². The number of aromatic amines is 1. The number of nitrogens with one attached hydrogen (secondary N) is 1. The predicted octanol–water partition coefficient (Wildman–Crippen LogP) is 5.94. The minimum absolute atomic E-state index is 0.600. The van der Waals surface area contributed by atoms with Crippen LogP contribution < -0.4 is 0 Å². The molecule has 4 rings (SSSR count). The first kappa shape index (κ1) is 18.1. The molecule has 0 aliphatic rings. The molecule has 2 heterocycles. The van der Waals surface area contributed by atoms with Crippen molar-refractivity contribution >= 4 is 28.9 Å². The molecule has 0 aliphatic carbocycles. The monoisotopic (exact) mass is 384 g/mol. The van der Waals surface area contributed by atoms with Crippen LogP contribution in [-0.4, -0.2) is 14.5 Å². The Morgan fingerprint density at radius 1 is 1.11 bits per heavy atom. The van der Waals surface area contributed by atoms with Crippen molar-refractivity contribution in [2.45, 2.75) is 25.9 Å². The molecule has 0 unspecified atom stereocenters. The van der Waals surface area contributed by atoms with Gasteiger partial charge in [0.25, 0.3) is 0 Å². The van der Waals surface area contributed by atoms with Crippen molar-refractivity contribution in [3.8, 4) is 11.8 Å². The lowest BCUT2D eigenvalue weighted by Gasteiger charge is -2.10. The van der Waals surface area contributed by atoms with Gasteiger partial charge in [-0.2, -0.15) is 5.26 Å². The number of aromatic nitrogens is 3. The van der Waals surface area contributed by atoms with E-state index in [2.05, 4.69) is 71.7 Å². The summed E-state index contributed by atoms with van der Waals surface area (Å²) in [6, 6.07) is 20.8. The highest BCUT2D eigenvalue weighted by Gasteiger charge is 2.12. The maximum Gasteiger partial charge on any atom is 0.171 e. The predicted molar refractivity (Wildman–Crippen MR) is 116 cm³/mol. The van der Waals surface area contributed by atoms with Crippen LogP contribution >= 0.6 is 11.8 Å². The van der Waals surface area contributed by atoms with Crippen LogP contribution in [0.3, 0.4) is 0 Å². The normalized spacial score (nSPS) is 11.7. The Balaban J connectivity index is 1.67. The van der Waals surface area contributed by atoms with E-state index in [0.29, 0.717) is 4.91 Å². The fraction of sp³-hybridized carbons (Fsp3) is 0.130. The van der Waals surface area contributed by atoms with Gasteiger partial charge in [-0.25, -0.2) is 4.98 Å². The molecule has 1 N–H and O–H groups in total. The van der Waals surface area contributed by atoms with E-state index in [1.807, 2.05) is 30.3 Å². The fourth-order valence-corrected chi connectivity index (χ4v) is 4.08. The zero-order chi connectivity index (χ0) is 19.7. The van der Waals surface area contributed by atoms with E-state index in [-0.39, 0.29) is 0 Å². The molecule has 0 fully saturated rings. The van der Waals surface area contributed by atoms with E-state index in [4.69, 9.17) is 0 Å². The number of hydrogen-bond donors (Lipinski definition) is 1. The molecule has 0 radical (unpaired) electrons. The number of imidazole rings is 1. The van der Waals surface area contributed by atoms with E-state index < -0.39 is 0 Å². The summed E-state index contributed by atoms with van der Waals surface area (Å²) in [5, 5.41) is 10.4. The number of hydrogen-bond acceptors (Lipinski definition) is 3. The van der Waals surface area contributed by atoms with Crippen LogP contribution in [0.4, 0.5) is 0 Å². The van der Waals surface area contributed by atoms with Gasteiger partial charge >= 0.3 is 0 Å².